The maximum Gasteiger partial charge on any atom is 0.321 e. The van der Waals surface area contributed by atoms with E-state index in [1.165, 1.54) is 47.4 Å². The number of carbonyl (C=O) groups is 2. The number of amides is 3. The summed E-state index contributed by atoms with van der Waals surface area (Å²) < 4.78 is 35.0. The van der Waals surface area contributed by atoms with Crippen LogP contribution in [0.25, 0.3) is 10.8 Å². The lowest BCUT2D eigenvalue weighted by molar-refractivity contribution is 0.0371. The van der Waals surface area contributed by atoms with E-state index in [2.05, 4.69) is 10.0 Å². The number of nitrogens with one attached hydrogen (secondary N) is 2. The highest BCUT2D eigenvalue weighted by molar-refractivity contribution is 7.92. The molecule has 3 N–H and O–H groups in total. The van der Waals surface area contributed by atoms with Gasteiger partial charge < -0.3 is 25.0 Å². The van der Waals surface area contributed by atoms with Gasteiger partial charge >= 0.3 is 6.03 Å². The SMILES string of the molecule is C[C@@H]1CN([C@H](C)CO)C(=O)c2cc(NS(=O)(=O)c3ccc(Cl)cc3)ccc2O[C@@H]1CN(C)C(=O)Nc1cccc2ccccc12. The summed E-state index contributed by atoms with van der Waals surface area (Å²) in [6.07, 6.45) is -0.537. The third-order valence-corrected chi connectivity index (χ3v) is 9.52. The number of rotatable bonds is 8. The summed E-state index contributed by atoms with van der Waals surface area (Å²) in [5.74, 6) is -0.401. The number of halogens is 1. The van der Waals surface area contributed by atoms with E-state index in [1.54, 1.807) is 18.9 Å². The first-order chi connectivity index (χ1) is 21.5. The molecule has 1 aliphatic heterocycles. The molecule has 12 heteroatoms. The Morgan fingerprint density at radius 3 is 2.53 bits per heavy atom. The summed E-state index contributed by atoms with van der Waals surface area (Å²) in [7, 11) is -2.30. The molecule has 0 aliphatic carbocycles. The molecule has 0 saturated carbocycles. The van der Waals surface area contributed by atoms with Gasteiger partial charge in [-0.1, -0.05) is 54.9 Å². The molecule has 0 saturated heterocycles. The summed E-state index contributed by atoms with van der Waals surface area (Å²) in [5.41, 5.74) is 0.976. The number of hydrogen-bond donors (Lipinski definition) is 3. The molecule has 0 bridgehead atoms. The average molecular weight is 651 g/mol. The van der Waals surface area contributed by atoms with Gasteiger partial charge in [0.25, 0.3) is 15.9 Å². The van der Waals surface area contributed by atoms with Crippen LogP contribution in [0.1, 0.15) is 24.2 Å². The largest absolute Gasteiger partial charge is 0.487 e. The Morgan fingerprint density at radius 1 is 1.09 bits per heavy atom. The number of fused-ring (bicyclic) bond motifs is 2. The lowest BCUT2D eigenvalue weighted by Gasteiger charge is -2.38. The van der Waals surface area contributed by atoms with Gasteiger partial charge in [-0.2, -0.15) is 0 Å². The average Bonchev–Trinajstić information content (AvgIpc) is 3.02. The number of carbonyl (C=O) groups excluding carboxylic acids is 2. The van der Waals surface area contributed by atoms with Crippen LogP contribution >= 0.6 is 11.6 Å². The minimum Gasteiger partial charge on any atom is -0.487 e. The van der Waals surface area contributed by atoms with Gasteiger partial charge in [0.1, 0.15) is 11.9 Å². The van der Waals surface area contributed by atoms with Crippen molar-refractivity contribution in [2.75, 3.05) is 36.8 Å². The van der Waals surface area contributed by atoms with Crippen molar-refractivity contribution in [1.29, 1.82) is 0 Å². The van der Waals surface area contributed by atoms with E-state index in [0.717, 1.165) is 10.8 Å². The predicted octanol–water partition coefficient (Wildman–Crippen LogP) is 5.68. The van der Waals surface area contributed by atoms with Crippen LogP contribution in [0, 0.1) is 5.92 Å². The Labute approximate surface area is 267 Å². The number of aliphatic hydroxyl groups excluding tert-OH is 1. The van der Waals surface area contributed by atoms with Crippen molar-refractivity contribution in [3.8, 4) is 5.75 Å². The molecule has 0 aromatic heterocycles. The first kappa shape index (κ1) is 32.1. The van der Waals surface area contributed by atoms with Crippen molar-refractivity contribution in [2.45, 2.75) is 30.9 Å². The fourth-order valence-electron chi connectivity index (χ4n) is 5.23. The standard InChI is InChI=1S/C33H35ClN4O6S/c1-21-18-38(22(2)20-39)32(40)28-17-25(36-45(42,43)26-14-11-24(34)12-15-26)13-16-30(28)44-31(21)19-37(3)33(41)35-29-10-6-8-23-7-4-5-9-27(23)29/h4-17,21-22,31,36,39H,18-20H2,1-3H3,(H,35,41)/t21-,22-,31-/m1/s1. The van der Waals surface area contributed by atoms with Gasteiger partial charge in [-0.3, -0.25) is 9.52 Å². The molecule has 0 spiro atoms. The molecule has 0 unspecified atom stereocenters. The molecule has 236 valence electrons. The van der Waals surface area contributed by atoms with Crippen LogP contribution < -0.4 is 14.8 Å². The first-order valence-corrected chi connectivity index (χ1v) is 16.3. The second-order valence-electron chi connectivity index (χ2n) is 11.2. The van der Waals surface area contributed by atoms with E-state index in [1.807, 2.05) is 49.4 Å². The fraction of sp³-hybridized carbons (Fsp3) is 0.273. The lowest BCUT2D eigenvalue weighted by atomic mass is 9.99. The van der Waals surface area contributed by atoms with Crippen molar-refractivity contribution in [2.24, 2.45) is 5.92 Å². The van der Waals surface area contributed by atoms with E-state index in [-0.39, 0.29) is 53.5 Å². The monoisotopic (exact) mass is 650 g/mol. The van der Waals surface area contributed by atoms with Crippen molar-refractivity contribution < 1.29 is 27.9 Å². The number of aliphatic hydroxyl groups is 1. The summed E-state index contributed by atoms with van der Waals surface area (Å²) in [6, 6.07) is 22.8. The molecular weight excluding hydrogens is 616 g/mol. The van der Waals surface area contributed by atoms with Gasteiger partial charge in [0, 0.05) is 35.6 Å². The summed E-state index contributed by atoms with van der Waals surface area (Å²) in [4.78, 5) is 30.2. The molecule has 0 radical (unpaired) electrons. The van der Waals surface area contributed by atoms with E-state index in [4.69, 9.17) is 16.3 Å². The predicted molar refractivity (Wildman–Crippen MR) is 175 cm³/mol. The van der Waals surface area contributed by atoms with Crippen LogP contribution in [0.3, 0.4) is 0 Å². The minimum atomic E-state index is -3.98. The van der Waals surface area contributed by atoms with Crippen LogP contribution in [0.2, 0.25) is 5.02 Å². The summed E-state index contributed by atoms with van der Waals surface area (Å²) in [6.45, 7) is 3.82. The smallest absolute Gasteiger partial charge is 0.321 e. The number of hydrogen-bond acceptors (Lipinski definition) is 6. The van der Waals surface area contributed by atoms with Gasteiger partial charge in [0.15, 0.2) is 0 Å². The van der Waals surface area contributed by atoms with Gasteiger partial charge in [0.05, 0.1) is 35.3 Å². The van der Waals surface area contributed by atoms with Gasteiger partial charge in [0.2, 0.25) is 0 Å². The fourth-order valence-corrected chi connectivity index (χ4v) is 6.41. The Kier molecular flexibility index (Phi) is 9.52. The zero-order valence-electron chi connectivity index (χ0n) is 25.1. The van der Waals surface area contributed by atoms with Crippen LogP contribution in [0.5, 0.6) is 5.75 Å². The molecule has 10 nitrogen and oxygen atoms in total. The second-order valence-corrected chi connectivity index (χ2v) is 13.3. The Hall–Kier alpha value is -4.32. The molecular formula is C33H35ClN4O6S. The maximum absolute atomic E-state index is 13.8. The number of likely N-dealkylation sites (N-methyl/N-ethyl adjacent to an activating group) is 1. The van der Waals surface area contributed by atoms with Gasteiger partial charge in [-0.15, -0.1) is 0 Å². The van der Waals surface area contributed by atoms with Crippen LogP contribution in [-0.2, 0) is 10.0 Å². The summed E-state index contributed by atoms with van der Waals surface area (Å²) in [5, 5.41) is 15.3. The highest BCUT2D eigenvalue weighted by atomic mass is 35.5. The number of nitrogens with zero attached hydrogens (tertiary/aromatic N) is 2. The van der Waals surface area contributed by atoms with Crippen LogP contribution in [-0.4, -0.2) is 74.2 Å². The maximum atomic E-state index is 13.8. The molecule has 4 aromatic carbocycles. The van der Waals surface area contributed by atoms with Gasteiger partial charge in [-0.05, 0) is 60.8 Å². The second kappa shape index (κ2) is 13.4. The van der Waals surface area contributed by atoms with Crippen LogP contribution in [0.4, 0.5) is 16.2 Å². The molecule has 5 rings (SSSR count). The molecule has 0 fully saturated rings. The topological polar surface area (TPSA) is 128 Å². The number of ether oxygens (including phenoxy) is 1. The normalized spacial score (nSPS) is 17.4. The van der Waals surface area contributed by atoms with E-state index in [9.17, 15) is 23.1 Å². The van der Waals surface area contributed by atoms with E-state index >= 15 is 0 Å². The molecule has 4 aromatic rings. The molecule has 45 heavy (non-hydrogen) atoms. The highest BCUT2D eigenvalue weighted by Gasteiger charge is 2.34. The number of sulfonamides is 1. The zero-order valence-corrected chi connectivity index (χ0v) is 26.7. The van der Waals surface area contributed by atoms with Crippen molar-refractivity contribution >= 4 is 55.7 Å². The van der Waals surface area contributed by atoms with Crippen LogP contribution in [0.15, 0.2) is 89.8 Å². The van der Waals surface area contributed by atoms with E-state index in [0.29, 0.717) is 10.7 Å². The third kappa shape index (κ3) is 7.16. The van der Waals surface area contributed by atoms with E-state index < -0.39 is 28.1 Å². The van der Waals surface area contributed by atoms with Gasteiger partial charge in [-0.25, -0.2) is 13.2 Å². The Bertz CT molecular complexity index is 1810. The lowest BCUT2D eigenvalue weighted by Crippen LogP contribution is -2.50. The minimum absolute atomic E-state index is 0.00968. The number of anilines is 2. The van der Waals surface area contributed by atoms with Crippen molar-refractivity contribution in [3.63, 3.8) is 0 Å². The first-order valence-electron chi connectivity index (χ1n) is 14.5. The van der Waals surface area contributed by atoms with Crippen molar-refractivity contribution in [3.05, 3.63) is 95.5 Å². The summed E-state index contributed by atoms with van der Waals surface area (Å²) >= 11 is 5.91. The molecule has 3 atom stereocenters. The Morgan fingerprint density at radius 2 is 1.80 bits per heavy atom. The highest BCUT2D eigenvalue weighted by Crippen LogP contribution is 2.32. The zero-order chi connectivity index (χ0) is 32.3. The number of urea groups is 1. The number of benzene rings is 4. The van der Waals surface area contributed by atoms with Crippen molar-refractivity contribution in [1.82, 2.24) is 9.80 Å². The molecule has 3 amide bonds. The Balaban J connectivity index is 1.40. The molecule has 1 heterocycles. The molecule has 1 aliphatic rings. The third-order valence-electron chi connectivity index (χ3n) is 7.87. The quantitative estimate of drug-likeness (QED) is 0.225.